The molecule has 2 aromatic rings. The van der Waals surface area contributed by atoms with Gasteiger partial charge in [0.05, 0.1) is 25.1 Å². The van der Waals surface area contributed by atoms with Crippen molar-refractivity contribution in [3.8, 4) is 5.75 Å². The van der Waals surface area contributed by atoms with Gasteiger partial charge in [0.25, 0.3) is 5.91 Å². The molecule has 6 heteroatoms. The quantitative estimate of drug-likeness (QED) is 0.913. The fraction of sp³-hybridized carbons (Fsp3) is 0.333. The number of ether oxygens (including phenoxy) is 2. The van der Waals surface area contributed by atoms with Crippen molar-refractivity contribution in [3.05, 3.63) is 48.7 Å². The molecule has 1 amide bonds. The first-order valence-electron chi connectivity index (χ1n) is 8.04. The molecule has 126 valence electrons. The Balaban J connectivity index is 1.55. The van der Waals surface area contributed by atoms with Crippen LogP contribution in [0.1, 0.15) is 6.92 Å². The lowest BCUT2D eigenvalue weighted by molar-refractivity contribution is -0.122. The standard InChI is InChI=1S/C18H21N3O3/c1-14(24-16-5-3-2-4-6-16)18(22)20-15-7-8-17(19-13-15)21-9-11-23-12-10-21/h2-8,13-14H,9-12H2,1H3,(H,20,22). The predicted octanol–water partition coefficient (Wildman–Crippen LogP) is 2.32. The Labute approximate surface area is 141 Å². The van der Waals surface area contributed by atoms with E-state index in [1.807, 2.05) is 42.5 Å². The number of hydrogen-bond donors (Lipinski definition) is 1. The fourth-order valence-electron chi connectivity index (χ4n) is 2.44. The number of hydrogen-bond acceptors (Lipinski definition) is 5. The van der Waals surface area contributed by atoms with E-state index in [0.717, 1.165) is 18.9 Å². The Bertz CT molecular complexity index is 655. The van der Waals surface area contributed by atoms with Crippen LogP contribution in [0.5, 0.6) is 5.75 Å². The number of anilines is 2. The molecule has 1 aliphatic heterocycles. The van der Waals surface area contributed by atoms with Crippen LogP contribution >= 0.6 is 0 Å². The minimum absolute atomic E-state index is 0.209. The van der Waals surface area contributed by atoms with Gasteiger partial charge in [-0.15, -0.1) is 0 Å². The predicted molar refractivity (Wildman–Crippen MR) is 92.4 cm³/mol. The average molecular weight is 327 g/mol. The molecule has 6 nitrogen and oxygen atoms in total. The zero-order chi connectivity index (χ0) is 16.8. The number of aromatic nitrogens is 1. The molecule has 24 heavy (non-hydrogen) atoms. The number of carbonyl (C=O) groups excluding carboxylic acids is 1. The van der Waals surface area contributed by atoms with Crippen LogP contribution in [-0.4, -0.2) is 43.3 Å². The Morgan fingerprint density at radius 3 is 2.62 bits per heavy atom. The Morgan fingerprint density at radius 2 is 1.96 bits per heavy atom. The third kappa shape index (κ3) is 4.23. The molecule has 1 saturated heterocycles. The van der Waals surface area contributed by atoms with Gasteiger partial charge in [-0.1, -0.05) is 18.2 Å². The third-order valence-electron chi connectivity index (χ3n) is 3.78. The summed E-state index contributed by atoms with van der Waals surface area (Å²) in [5.74, 6) is 1.35. The van der Waals surface area contributed by atoms with Crippen molar-refractivity contribution in [2.24, 2.45) is 0 Å². The highest BCUT2D eigenvalue weighted by molar-refractivity contribution is 5.94. The van der Waals surface area contributed by atoms with Gasteiger partial charge in [0.1, 0.15) is 11.6 Å². The minimum atomic E-state index is -0.591. The lowest BCUT2D eigenvalue weighted by Gasteiger charge is -2.27. The Kier molecular flexibility index (Phi) is 5.28. The maximum atomic E-state index is 12.2. The number of nitrogens with one attached hydrogen (secondary N) is 1. The van der Waals surface area contributed by atoms with Crippen molar-refractivity contribution < 1.29 is 14.3 Å². The highest BCUT2D eigenvalue weighted by atomic mass is 16.5. The number of morpholine rings is 1. The molecule has 1 aliphatic rings. The van der Waals surface area contributed by atoms with Crippen molar-refractivity contribution >= 4 is 17.4 Å². The Hall–Kier alpha value is -2.60. The summed E-state index contributed by atoms with van der Waals surface area (Å²) in [5.41, 5.74) is 0.653. The number of amides is 1. The molecule has 0 aliphatic carbocycles. The summed E-state index contributed by atoms with van der Waals surface area (Å²) >= 11 is 0. The highest BCUT2D eigenvalue weighted by Crippen LogP contribution is 2.16. The van der Waals surface area contributed by atoms with E-state index in [4.69, 9.17) is 9.47 Å². The number of rotatable bonds is 5. The normalized spacial score (nSPS) is 15.6. The fourth-order valence-corrected chi connectivity index (χ4v) is 2.44. The van der Waals surface area contributed by atoms with Gasteiger partial charge in [-0.25, -0.2) is 4.98 Å². The summed E-state index contributed by atoms with van der Waals surface area (Å²) in [6.45, 7) is 4.82. The first kappa shape index (κ1) is 16.3. The van der Waals surface area contributed by atoms with Gasteiger partial charge in [-0.05, 0) is 31.2 Å². The molecule has 0 spiro atoms. The summed E-state index contributed by atoms with van der Waals surface area (Å²) in [6, 6.07) is 13.0. The maximum absolute atomic E-state index is 12.2. The van der Waals surface area contributed by atoms with Gasteiger partial charge in [0, 0.05) is 13.1 Å². The number of carbonyl (C=O) groups is 1. The highest BCUT2D eigenvalue weighted by Gasteiger charge is 2.16. The molecule has 1 unspecified atom stereocenters. The smallest absolute Gasteiger partial charge is 0.265 e. The summed E-state index contributed by atoms with van der Waals surface area (Å²) in [6.07, 6.45) is 1.07. The molecular formula is C18H21N3O3. The largest absolute Gasteiger partial charge is 0.481 e. The zero-order valence-electron chi connectivity index (χ0n) is 13.6. The van der Waals surface area contributed by atoms with Crippen LogP contribution in [0.2, 0.25) is 0 Å². The SMILES string of the molecule is CC(Oc1ccccc1)C(=O)Nc1ccc(N2CCOCC2)nc1. The van der Waals surface area contributed by atoms with Crippen LogP contribution in [0.3, 0.4) is 0 Å². The van der Waals surface area contributed by atoms with Gasteiger partial charge in [-0.3, -0.25) is 4.79 Å². The van der Waals surface area contributed by atoms with Gasteiger partial charge in [0.2, 0.25) is 0 Å². The first-order chi connectivity index (χ1) is 11.7. The second-order valence-corrected chi connectivity index (χ2v) is 5.57. The lowest BCUT2D eigenvalue weighted by Crippen LogP contribution is -2.36. The van der Waals surface area contributed by atoms with Crippen molar-refractivity contribution in [1.82, 2.24) is 4.98 Å². The van der Waals surface area contributed by atoms with Crippen LogP contribution < -0.4 is 15.0 Å². The van der Waals surface area contributed by atoms with Crippen molar-refractivity contribution in [2.75, 3.05) is 36.5 Å². The minimum Gasteiger partial charge on any atom is -0.481 e. The summed E-state index contributed by atoms with van der Waals surface area (Å²) < 4.78 is 10.9. The molecule has 1 aromatic heterocycles. The van der Waals surface area contributed by atoms with Crippen LogP contribution in [0.25, 0.3) is 0 Å². The van der Waals surface area contributed by atoms with E-state index < -0.39 is 6.10 Å². The van der Waals surface area contributed by atoms with Gasteiger partial charge in [-0.2, -0.15) is 0 Å². The van der Waals surface area contributed by atoms with E-state index in [9.17, 15) is 4.79 Å². The second-order valence-electron chi connectivity index (χ2n) is 5.57. The molecule has 0 radical (unpaired) electrons. The van der Waals surface area contributed by atoms with Crippen LogP contribution in [0.4, 0.5) is 11.5 Å². The number of pyridine rings is 1. The monoisotopic (exact) mass is 327 g/mol. The Morgan fingerprint density at radius 1 is 1.21 bits per heavy atom. The third-order valence-corrected chi connectivity index (χ3v) is 3.78. The van der Waals surface area contributed by atoms with E-state index in [2.05, 4.69) is 15.2 Å². The first-order valence-corrected chi connectivity index (χ1v) is 8.04. The van der Waals surface area contributed by atoms with Crippen molar-refractivity contribution in [3.63, 3.8) is 0 Å². The molecular weight excluding hydrogens is 306 g/mol. The summed E-state index contributed by atoms with van der Waals surface area (Å²) in [4.78, 5) is 18.8. The molecule has 1 fully saturated rings. The second kappa shape index (κ2) is 7.79. The van der Waals surface area contributed by atoms with E-state index in [-0.39, 0.29) is 5.91 Å². The van der Waals surface area contributed by atoms with Crippen LogP contribution in [0, 0.1) is 0 Å². The van der Waals surface area contributed by atoms with E-state index in [1.54, 1.807) is 13.1 Å². The van der Waals surface area contributed by atoms with Crippen LogP contribution in [-0.2, 0) is 9.53 Å². The van der Waals surface area contributed by atoms with Crippen molar-refractivity contribution in [2.45, 2.75) is 13.0 Å². The maximum Gasteiger partial charge on any atom is 0.265 e. The van der Waals surface area contributed by atoms with Crippen LogP contribution in [0.15, 0.2) is 48.7 Å². The molecule has 0 saturated carbocycles. The molecule has 3 rings (SSSR count). The molecule has 0 bridgehead atoms. The zero-order valence-corrected chi connectivity index (χ0v) is 13.6. The van der Waals surface area contributed by atoms with E-state index >= 15 is 0 Å². The van der Waals surface area contributed by atoms with E-state index in [0.29, 0.717) is 24.7 Å². The number of para-hydroxylation sites is 1. The van der Waals surface area contributed by atoms with Gasteiger partial charge in [0.15, 0.2) is 6.10 Å². The molecule has 2 heterocycles. The van der Waals surface area contributed by atoms with Crippen molar-refractivity contribution in [1.29, 1.82) is 0 Å². The lowest BCUT2D eigenvalue weighted by atomic mass is 10.3. The number of nitrogens with zero attached hydrogens (tertiary/aromatic N) is 2. The number of benzene rings is 1. The average Bonchev–Trinajstić information content (AvgIpc) is 2.64. The van der Waals surface area contributed by atoms with E-state index in [1.165, 1.54) is 0 Å². The summed E-state index contributed by atoms with van der Waals surface area (Å²) in [7, 11) is 0. The molecule has 1 N–H and O–H groups in total. The van der Waals surface area contributed by atoms with Gasteiger partial charge >= 0.3 is 0 Å². The molecule has 1 atom stereocenters. The topological polar surface area (TPSA) is 63.7 Å². The summed E-state index contributed by atoms with van der Waals surface area (Å²) in [5, 5.41) is 2.82. The molecule has 1 aromatic carbocycles. The van der Waals surface area contributed by atoms with Gasteiger partial charge < -0.3 is 19.7 Å².